The maximum Gasteiger partial charge on any atom is 0.425 e. The summed E-state index contributed by atoms with van der Waals surface area (Å²) in [6.07, 6.45) is -4.02. The van der Waals surface area contributed by atoms with E-state index in [-0.39, 0.29) is 17.7 Å². The van der Waals surface area contributed by atoms with Gasteiger partial charge in [-0.3, -0.25) is 0 Å². The van der Waals surface area contributed by atoms with Crippen molar-refractivity contribution in [2.45, 2.75) is 24.8 Å². The Morgan fingerprint density at radius 2 is 1.77 bits per heavy atom. The van der Waals surface area contributed by atoms with Crippen LogP contribution >= 0.6 is 11.6 Å². The Morgan fingerprint density at radius 1 is 1.12 bits per heavy atom. The molecule has 0 saturated carbocycles. The predicted octanol–water partition coefficient (Wildman–Crippen LogP) is 5.92. The Kier molecular flexibility index (Phi) is 5.15. The van der Waals surface area contributed by atoms with Crippen LogP contribution in [-0.2, 0) is 15.1 Å². The molecule has 2 nitrogen and oxygen atoms in total. The topological polar surface area (TPSA) is 18.5 Å². The Bertz CT molecular complexity index is 815. The summed E-state index contributed by atoms with van der Waals surface area (Å²) in [5, 5.41) is 0.511. The third-order valence-electron chi connectivity index (χ3n) is 4.50. The molecule has 2 atom stereocenters. The minimum Gasteiger partial charge on any atom is -0.372 e. The smallest absolute Gasteiger partial charge is 0.372 e. The van der Waals surface area contributed by atoms with Crippen LogP contribution in [0.2, 0.25) is 5.02 Å². The van der Waals surface area contributed by atoms with Crippen LogP contribution in [-0.4, -0.2) is 19.9 Å². The quantitative estimate of drug-likeness (QED) is 0.653. The molecule has 0 bridgehead atoms. The van der Waals surface area contributed by atoms with E-state index in [1.807, 2.05) is 0 Å². The Hall–Kier alpha value is -1.82. The summed E-state index contributed by atoms with van der Waals surface area (Å²) < 4.78 is 54.0. The third kappa shape index (κ3) is 2.94. The van der Waals surface area contributed by atoms with E-state index >= 15 is 0 Å². The highest BCUT2D eigenvalue weighted by Crippen LogP contribution is 2.59. The van der Waals surface area contributed by atoms with Gasteiger partial charge in [0, 0.05) is 29.9 Å². The van der Waals surface area contributed by atoms with Crippen LogP contribution in [0.5, 0.6) is 0 Å². The maximum absolute atomic E-state index is 14.4. The lowest BCUT2D eigenvalue weighted by molar-refractivity contribution is -0.267. The summed E-state index contributed by atoms with van der Waals surface area (Å²) in [7, 11) is 1.40. The SMILES string of the molecule is CCOC1(C(F)(F)F)/C(=C/c2ccc(Cl)cc2)C(OC)c2ccccc21. The predicted molar refractivity (Wildman–Crippen MR) is 95.0 cm³/mol. The van der Waals surface area contributed by atoms with Crippen molar-refractivity contribution >= 4 is 17.7 Å². The fourth-order valence-electron chi connectivity index (χ4n) is 3.50. The van der Waals surface area contributed by atoms with Crippen LogP contribution in [0.25, 0.3) is 6.08 Å². The number of benzene rings is 2. The largest absolute Gasteiger partial charge is 0.425 e. The van der Waals surface area contributed by atoms with Gasteiger partial charge in [-0.1, -0.05) is 48.0 Å². The zero-order chi connectivity index (χ0) is 18.9. The monoisotopic (exact) mass is 382 g/mol. The van der Waals surface area contributed by atoms with E-state index in [4.69, 9.17) is 21.1 Å². The summed E-state index contributed by atoms with van der Waals surface area (Å²) in [4.78, 5) is 0. The minimum atomic E-state index is -4.65. The molecule has 138 valence electrons. The third-order valence-corrected chi connectivity index (χ3v) is 4.75. The molecule has 2 aromatic rings. The zero-order valence-corrected chi connectivity index (χ0v) is 15.1. The van der Waals surface area contributed by atoms with Crippen molar-refractivity contribution in [3.63, 3.8) is 0 Å². The zero-order valence-electron chi connectivity index (χ0n) is 14.3. The van der Waals surface area contributed by atoms with Crippen molar-refractivity contribution < 1.29 is 22.6 Å². The van der Waals surface area contributed by atoms with E-state index in [1.165, 1.54) is 19.3 Å². The normalized spacial score (nSPS) is 24.1. The number of rotatable bonds is 4. The fraction of sp³-hybridized carbons (Fsp3) is 0.300. The molecule has 26 heavy (non-hydrogen) atoms. The van der Waals surface area contributed by atoms with Gasteiger partial charge in [0.2, 0.25) is 5.60 Å². The molecular formula is C20H18ClF3O2. The number of fused-ring (bicyclic) bond motifs is 1. The highest BCUT2D eigenvalue weighted by molar-refractivity contribution is 6.30. The second kappa shape index (κ2) is 7.06. The van der Waals surface area contributed by atoms with Gasteiger partial charge in [0.25, 0.3) is 0 Å². The maximum atomic E-state index is 14.4. The molecule has 2 unspecified atom stereocenters. The van der Waals surface area contributed by atoms with E-state index in [2.05, 4.69) is 0 Å². The summed E-state index contributed by atoms with van der Waals surface area (Å²) in [5.74, 6) is 0. The lowest BCUT2D eigenvalue weighted by Crippen LogP contribution is -2.45. The van der Waals surface area contributed by atoms with Gasteiger partial charge in [-0.2, -0.15) is 13.2 Å². The molecule has 0 aliphatic heterocycles. The van der Waals surface area contributed by atoms with Crippen LogP contribution in [0.3, 0.4) is 0 Å². The van der Waals surface area contributed by atoms with E-state index < -0.39 is 17.9 Å². The highest BCUT2D eigenvalue weighted by Gasteiger charge is 2.65. The van der Waals surface area contributed by atoms with Crippen LogP contribution < -0.4 is 0 Å². The van der Waals surface area contributed by atoms with Gasteiger partial charge < -0.3 is 9.47 Å². The summed E-state index contributed by atoms with van der Waals surface area (Å²) in [5.41, 5.74) is -1.41. The van der Waals surface area contributed by atoms with Gasteiger partial charge in [-0.25, -0.2) is 0 Å². The number of alkyl halides is 3. The van der Waals surface area contributed by atoms with Gasteiger partial charge in [-0.05, 0) is 36.3 Å². The molecule has 1 aliphatic carbocycles. The van der Waals surface area contributed by atoms with Crippen molar-refractivity contribution in [2.75, 3.05) is 13.7 Å². The number of ether oxygens (including phenoxy) is 2. The molecule has 1 aliphatic rings. The molecular weight excluding hydrogens is 365 g/mol. The van der Waals surface area contributed by atoms with Crippen molar-refractivity contribution in [1.82, 2.24) is 0 Å². The van der Waals surface area contributed by atoms with E-state index in [9.17, 15) is 13.2 Å². The first-order valence-electron chi connectivity index (χ1n) is 8.15. The molecule has 0 heterocycles. The van der Waals surface area contributed by atoms with Crippen LogP contribution in [0.4, 0.5) is 13.2 Å². The van der Waals surface area contributed by atoms with Gasteiger partial charge in [-0.15, -0.1) is 0 Å². The first-order valence-corrected chi connectivity index (χ1v) is 8.53. The van der Waals surface area contributed by atoms with Gasteiger partial charge in [0.1, 0.15) is 6.10 Å². The van der Waals surface area contributed by atoms with Gasteiger partial charge in [0.15, 0.2) is 0 Å². The average Bonchev–Trinajstić information content (AvgIpc) is 2.87. The van der Waals surface area contributed by atoms with Gasteiger partial charge >= 0.3 is 6.18 Å². The average molecular weight is 383 g/mol. The highest BCUT2D eigenvalue weighted by atomic mass is 35.5. The van der Waals surface area contributed by atoms with Crippen LogP contribution in [0, 0.1) is 0 Å². The van der Waals surface area contributed by atoms with Crippen molar-refractivity contribution in [1.29, 1.82) is 0 Å². The standard InChI is InChI=1S/C20H18ClF3O2/c1-3-26-19(20(22,23)24)16-7-5-4-6-15(16)18(25-2)17(19)12-13-8-10-14(21)11-9-13/h4-12,18H,3H2,1-2H3/b17-12+. The van der Waals surface area contributed by atoms with E-state index in [0.717, 1.165) is 0 Å². The first kappa shape index (κ1) is 19.0. The number of halogens is 4. The van der Waals surface area contributed by atoms with Crippen LogP contribution in [0.1, 0.15) is 29.7 Å². The van der Waals surface area contributed by atoms with E-state index in [1.54, 1.807) is 49.4 Å². The molecule has 3 rings (SSSR count). The fourth-order valence-corrected chi connectivity index (χ4v) is 3.63. The second-order valence-corrected chi connectivity index (χ2v) is 6.40. The number of methoxy groups -OCH3 is 1. The number of hydrogen-bond acceptors (Lipinski definition) is 2. The molecule has 0 amide bonds. The molecule has 0 N–H and O–H groups in total. The molecule has 0 saturated heterocycles. The molecule has 2 aromatic carbocycles. The van der Waals surface area contributed by atoms with Crippen molar-refractivity contribution in [2.24, 2.45) is 0 Å². The summed E-state index contributed by atoms with van der Waals surface area (Å²) in [6, 6.07) is 13.0. The molecule has 0 aromatic heterocycles. The molecule has 0 spiro atoms. The Balaban J connectivity index is 2.29. The summed E-state index contributed by atoms with van der Waals surface area (Å²) >= 11 is 5.89. The first-order chi connectivity index (χ1) is 12.3. The lowest BCUT2D eigenvalue weighted by atomic mass is 9.89. The Morgan fingerprint density at radius 3 is 2.35 bits per heavy atom. The van der Waals surface area contributed by atoms with Crippen molar-refractivity contribution in [3.05, 3.63) is 75.8 Å². The van der Waals surface area contributed by atoms with Gasteiger partial charge in [0.05, 0.1) is 0 Å². The lowest BCUT2D eigenvalue weighted by Gasteiger charge is -2.34. The van der Waals surface area contributed by atoms with Crippen LogP contribution in [0.15, 0.2) is 54.1 Å². The second-order valence-electron chi connectivity index (χ2n) is 5.97. The molecule has 0 fully saturated rings. The molecule has 0 radical (unpaired) electrons. The number of hydrogen-bond donors (Lipinski definition) is 0. The minimum absolute atomic E-state index is 0.0119. The molecule has 6 heteroatoms. The summed E-state index contributed by atoms with van der Waals surface area (Å²) in [6.45, 7) is 1.46. The Labute approximate surface area is 155 Å². The van der Waals surface area contributed by atoms with E-state index in [0.29, 0.717) is 16.1 Å². The van der Waals surface area contributed by atoms with Crippen molar-refractivity contribution in [3.8, 4) is 0 Å².